The second kappa shape index (κ2) is 12.0. The fraction of sp³-hybridized carbons (Fsp3) is 0.519. The lowest BCUT2D eigenvalue weighted by atomic mass is 9.92. The van der Waals surface area contributed by atoms with Gasteiger partial charge in [0.15, 0.2) is 0 Å². The smallest absolute Gasteiger partial charge is 0.257 e. The Kier molecular flexibility index (Phi) is 8.30. The van der Waals surface area contributed by atoms with Gasteiger partial charge in [-0.1, -0.05) is 5.16 Å². The minimum Gasteiger partial charge on any atom is -0.493 e. The molecule has 1 saturated heterocycles. The van der Waals surface area contributed by atoms with Gasteiger partial charge in [0.1, 0.15) is 22.9 Å². The largest absolute Gasteiger partial charge is 0.493 e. The van der Waals surface area contributed by atoms with Crippen molar-refractivity contribution < 1.29 is 27.9 Å². The van der Waals surface area contributed by atoms with Gasteiger partial charge in [0.05, 0.1) is 18.3 Å². The van der Waals surface area contributed by atoms with Gasteiger partial charge in [0.25, 0.3) is 5.91 Å². The number of aliphatic hydroxyl groups is 1. The van der Waals surface area contributed by atoms with Crippen molar-refractivity contribution in [3.05, 3.63) is 47.6 Å². The first-order valence-electron chi connectivity index (χ1n) is 13.4. The van der Waals surface area contributed by atoms with E-state index in [0.717, 1.165) is 69.3 Å². The Morgan fingerprint density at radius 1 is 1.18 bits per heavy atom. The fourth-order valence-corrected chi connectivity index (χ4v) is 4.61. The van der Waals surface area contributed by atoms with E-state index in [2.05, 4.69) is 30.3 Å². The number of carbonyl (C=O) groups excluding carboxylic acids is 1. The maximum atomic E-state index is 14.3. The number of hydrogen-bond donors (Lipinski definition) is 2. The number of anilines is 1. The molecule has 2 aliphatic rings. The van der Waals surface area contributed by atoms with Gasteiger partial charge in [-0.15, -0.1) is 0 Å². The molecule has 208 valence electrons. The Morgan fingerprint density at radius 2 is 1.87 bits per heavy atom. The van der Waals surface area contributed by atoms with Crippen molar-refractivity contribution in [2.24, 2.45) is 5.92 Å². The molecule has 2 N–H and O–H groups in total. The minimum atomic E-state index is -1.00. The number of benzene rings is 1. The predicted octanol–water partition coefficient (Wildman–Crippen LogP) is 3.87. The fourth-order valence-electron chi connectivity index (χ4n) is 4.61. The van der Waals surface area contributed by atoms with Gasteiger partial charge in [-0.3, -0.25) is 4.79 Å². The molecular formula is C27H32F2N6O4. The van der Waals surface area contributed by atoms with Crippen molar-refractivity contribution in [2.45, 2.75) is 57.5 Å². The van der Waals surface area contributed by atoms with Crippen LogP contribution >= 0.6 is 0 Å². The van der Waals surface area contributed by atoms with Gasteiger partial charge in [-0.05, 0) is 51.4 Å². The summed E-state index contributed by atoms with van der Waals surface area (Å²) >= 11 is 0. The number of aromatic nitrogens is 4. The highest BCUT2D eigenvalue weighted by molar-refractivity contribution is 5.94. The van der Waals surface area contributed by atoms with Gasteiger partial charge in [0, 0.05) is 50.1 Å². The number of carbonyl (C=O) groups is 1. The lowest BCUT2D eigenvalue weighted by Gasteiger charge is -2.32. The SMILES string of the molecule is C[C@@H](O)CNC(=O)c1c(F)cc(OCCCC2CCN(c3ncc(-c4noc(C5CC5)n4)cn3)CC2)cc1F. The molecule has 2 fully saturated rings. The maximum Gasteiger partial charge on any atom is 0.257 e. The predicted molar refractivity (Wildman–Crippen MR) is 137 cm³/mol. The van der Waals surface area contributed by atoms with E-state index in [1.165, 1.54) is 6.92 Å². The van der Waals surface area contributed by atoms with E-state index < -0.39 is 29.2 Å². The summed E-state index contributed by atoms with van der Waals surface area (Å²) < 4.78 is 39.5. The average Bonchev–Trinajstić information content (AvgIpc) is 3.66. The Balaban J connectivity index is 1.03. The number of amides is 1. The average molecular weight is 543 g/mol. The van der Waals surface area contributed by atoms with E-state index in [4.69, 9.17) is 9.26 Å². The lowest BCUT2D eigenvalue weighted by Crippen LogP contribution is -2.34. The molecule has 2 aromatic heterocycles. The number of nitrogens with one attached hydrogen (secondary N) is 1. The highest BCUT2D eigenvalue weighted by atomic mass is 19.1. The Labute approximate surface area is 224 Å². The Morgan fingerprint density at radius 3 is 2.51 bits per heavy atom. The van der Waals surface area contributed by atoms with Gasteiger partial charge < -0.3 is 24.6 Å². The number of piperidine rings is 1. The van der Waals surface area contributed by atoms with Crippen molar-refractivity contribution in [3.63, 3.8) is 0 Å². The molecule has 39 heavy (non-hydrogen) atoms. The molecule has 0 bridgehead atoms. The van der Waals surface area contributed by atoms with Crippen LogP contribution in [-0.4, -0.2) is 63.5 Å². The summed E-state index contributed by atoms with van der Waals surface area (Å²) in [6, 6.07) is 2.02. The molecule has 0 unspecified atom stereocenters. The molecule has 12 heteroatoms. The van der Waals surface area contributed by atoms with E-state index in [0.29, 0.717) is 36.1 Å². The zero-order valence-corrected chi connectivity index (χ0v) is 21.8. The first-order chi connectivity index (χ1) is 18.9. The van der Waals surface area contributed by atoms with Crippen LogP contribution in [0.4, 0.5) is 14.7 Å². The molecule has 1 atom stereocenters. The molecule has 1 aromatic carbocycles. The van der Waals surface area contributed by atoms with Gasteiger partial charge in [-0.25, -0.2) is 18.7 Å². The van der Waals surface area contributed by atoms with E-state index in [-0.39, 0.29) is 12.3 Å². The standard InChI is InChI=1S/C27H32F2N6O4/c1-16(36)13-30-25(37)23-21(28)11-20(12-22(23)29)38-10-2-3-17-6-8-35(9-7-17)27-31-14-19(15-32-27)24-33-26(39-34-24)18-4-5-18/h11-12,14-18,36H,2-10,13H2,1H3,(H,30,37)/t16-/m1/s1. The molecule has 1 amide bonds. The summed E-state index contributed by atoms with van der Waals surface area (Å²) in [6.07, 6.45) is 8.48. The molecule has 3 aromatic rings. The third-order valence-electron chi connectivity index (χ3n) is 6.99. The summed E-state index contributed by atoms with van der Waals surface area (Å²) in [6.45, 7) is 3.36. The van der Waals surface area contributed by atoms with E-state index in [9.17, 15) is 18.7 Å². The zero-order valence-electron chi connectivity index (χ0n) is 21.8. The Bertz CT molecular complexity index is 1250. The van der Waals surface area contributed by atoms with Gasteiger partial charge in [-0.2, -0.15) is 4.98 Å². The molecule has 1 aliphatic heterocycles. The topological polar surface area (TPSA) is 126 Å². The van der Waals surface area contributed by atoms with E-state index in [1.807, 2.05) is 0 Å². The number of rotatable bonds is 11. The van der Waals surface area contributed by atoms with Crippen LogP contribution in [0.2, 0.25) is 0 Å². The molecule has 3 heterocycles. The van der Waals surface area contributed by atoms with Crippen molar-refractivity contribution in [1.82, 2.24) is 25.4 Å². The second-order valence-electron chi connectivity index (χ2n) is 10.2. The van der Waals surface area contributed by atoms with Gasteiger partial charge in [0.2, 0.25) is 17.7 Å². The highest BCUT2D eigenvalue weighted by Gasteiger charge is 2.30. The zero-order chi connectivity index (χ0) is 27.4. The van der Waals surface area contributed by atoms with Crippen molar-refractivity contribution in [1.29, 1.82) is 0 Å². The van der Waals surface area contributed by atoms with Crippen molar-refractivity contribution in [2.75, 3.05) is 31.1 Å². The van der Waals surface area contributed by atoms with Crippen LogP contribution in [0, 0.1) is 17.6 Å². The van der Waals surface area contributed by atoms with Crippen LogP contribution in [0.1, 0.15) is 67.6 Å². The first-order valence-corrected chi connectivity index (χ1v) is 13.4. The molecule has 5 rings (SSSR count). The number of nitrogens with zero attached hydrogens (tertiary/aromatic N) is 5. The number of aliphatic hydroxyl groups excluding tert-OH is 1. The molecule has 10 nitrogen and oxygen atoms in total. The molecule has 1 saturated carbocycles. The normalized spacial score (nSPS) is 16.8. The molecule has 0 spiro atoms. The first kappa shape index (κ1) is 26.9. The van der Waals surface area contributed by atoms with Gasteiger partial charge >= 0.3 is 0 Å². The van der Waals surface area contributed by atoms with Crippen LogP contribution in [0.3, 0.4) is 0 Å². The van der Waals surface area contributed by atoms with Crippen molar-refractivity contribution in [3.8, 4) is 17.1 Å². The number of ether oxygens (including phenoxy) is 1. The summed E-state index contributed by atoms with van der Waals surface area (Å²) in [5, 5.41) is 15.6. The maximum absolute atomic E-state index is 14.3. The van der Waals surface area contributed by atoms with Crippen LogP contribution in [0.25, 0.3) is 11.4 Å². The quantitative estimate of drug-likeness (QED) is 0.347. The summed E-state index contributed by atoms with van der Waals surface area (Å²) in [7, 11) is 0. The number of halogens is 2. The second-order valence-corrected chi connectivity index (χ2v) is 10.2. The van der Waals surface area contributed by atoms with E-state index in [1.54, 1.807) is 12.4 Å². The van der Waals surface area contributed by atoms with Crippen LogP contribution in [-0.2, 0) is 0 Å². The summed E-state index contributed by atoms with van der Waals surface area (Å²) in [5.74, 6) is -0.0873. The molecular weight excluding hydrogens is 510 g/mol. The van der Waals surface area contributed by atoms with Crippen molar-refractivity contribution >= 4 is 11.9 Å². The number of hydrogen-bond acceptors (Lipinski definition) is 9. The third kappa shape index (κ3) is 6.86. The molecule has 0 radical (unpaired) electrons. The highest BCUT2D eigenvalue weighted by Crippen LogP contribution is 2.39. The molecule has 1 aliphatic carbocycles. The van der Waals surface area contributed by atoms with Crippen LogP contribution in [0.5, 0.6) is 5.75 Å². The minimum absolute atomic E-state index is 0.0390. The monoisotopic (exact) mass is 542 g/mol. The summed E-state index contributed by atoms with van der Waals surface area (Å²) in [5.41, 5.74) is 0.0455. The van der Waals surface area contributed by atoms with Crippen LogP contribution in [0.15, 0.2) is 29.0 Å². The third-order valence-corrected chi connectivity index (χ3v) is 6.99. The summed E-state index contributed by atoms with van der Waals surface area (Å²) in [4.78, 5) is 27.6. The van der Waals surface area contributed by atoms with E-state index >= 15 is 0 Å². The van der Waals surface area contributed by atoms with Crippen LogP contribution < -0.4 is 15.0 Å². The Hall–Kier alpha value is -3.67. The lowest BCUT2D eigenvalue weighted by molar-refractivity contribution is 0.0915.